The van der Waals surface area contributed by atoms with Gasteiger partial charge in [-0.15, -0.1) is 0 Å². The zero-order valence-electron chi connectivity index (χ0n) is 16.3. The molecule has 1 saturated heterocycles. The third kappa shape index (κ3) is 5.61. The Labute approximate surface area is 177 Å². The van der Waals surface area contributed by atoms with Gasteiger partial charge in [0.25, 0.3) is 0 Å². The molecule has 0 radical (unpaired) electrons. The average molecular weight is 453 g/mol. The highest BCUT2D eigenvalue weighted by atomic mass is 31.2. The van der Waals surface area contributed by atoms with E-state index in [9.17, 15) is 9.18 Å². The van der Waals surface area contributed by atoms with Crippen LogP contribution >= 0.6 is 8.60 Å². The summed E-state index contributed by atoms with van der Waals surface area (Å²) in [7, 11) is -1.00. The molecule has 31 heavy (non-hydrogen) atoms. The Morgan fingerprint density at radius 3 is 2.84 bits per heavy atom. The SMILES string of the molecule is CN(N)C(=Nc1ccc(-c2ccc(N3CC(COP(O)O)OC3=O)cc2F)cn1)NN. The molecule has 1 fully saturated rings. The van der Waals surface area contributed by atoms with Gasteiger partial charge < -0.3 is 19.0 Å². The number of nitrogens with zero attached hydrogens (tertiary/aromatic N) is 4. The Bertz CT molecular complexity index is 960. The number of rotatable bonds is 6. The van der Waals surface area contributed by atoms with Crippen molar-refractivity contribution in [2.75, 3.05) is 25.1 Å². The normalized spacial score (nSPS) is 16.6. The lowest BCUT2D eigenvalue weighted by molar-refractivity contribution is 0.0987. The van der Waals surface area contributed by atoms with Crippen molar-refractivity contribution in [2.45, 2.75) is 6.10 Å². The van der Waals surface area contributed by atoms with Crippen LogP contribution in [0.1, 0.15) is 0 Å². The van der Waals surface area contributed by atoms with Crippen molar-refractivity contribution >= 4 is 32.2 Å². The number of hydrogen-bond acceptors (Lipinski definition) is 9. The number of hydrogen-bond donors (Lipinski definition) is 5. The fraction of sp³-hybridized carbons (Fsp3) is 0.235. The first-order valence-electron chi connectivity index (χ1n) is 8.87. The highest BCUT2D eigenvalue weighted by Crippen LogP contribution is 2.31. The standard InChI is InChI=1S/C17H21FN7O5P/c1-24(20)16(23-19)22-15-5-2-10(7-21-15)13-4-3-11(6-14(13)18)25-8-12(30-17(25)26)9-29-31(27)28/h2-7,12,27-28H,8-9,19-20H2,1H3,(H,21,22,23). The molecule has 14 heteroatoms. The van der Waals surface area contributed by atoms with Crippen molar-refractivity contribution in [3.8, 4) is 11.1 Å². The minimum absolute atomic E-state index is 0.0855. The summed E-state index contributed by atoms with van der Waals surface area (Å²) < 4.78 is 24.5. The number of guanidine groups is 1. The van der Waals surface area contributed by atoms with Crippen LogP contribution in [-0.4, -0.2) is 58.1 Å². The molecule has 1 aliphatic rings. The van der Waals surface area contributed by atoms with Crippen LogP contribution in [0.4, 0.5) is 20.7 Å². The van der Waals surface area contributed by atoms with Crippen LogP contribution in [0.25, 0.3) is 11.1 Å². The van der Waals surface area contributed by atoms with E-state index in [4.69, 9.17) is 26.2 Å². The number of carbonyl (C=O) groups excluding carboxylic acids is 1. The monoisotopic (exact) mass is 453 g/mol. The third-order valence-electron chi connectivity index (χ3n) is 4.26. The van der Waals surface area contributed by atoms with Crippen LogP contribution in [-0.2, 0) is 9.26 Å². The molecule has 0 aliphatic carbocycles. The van der Waals surface area contributed by atoms with Crippen LogP contribution < -0.4 is 22.0 Å². The molecular formula is C17H21FN7O5P. The summed E-state index contributed by atoms with van der Waals surface area (Å²) >= 11 is 0. The zero-order valence-corrected chi connectivity index (χ0v) is 17.2. The summed E-state index contributed by atoms with van der Waals surface area (Å²) in [4.78, 5) is 39.2. The Balaban J connectivity index is 1.75. The van der Waals surface area contributed by atoms with E-state index < -0.39 is 26.6 Å². The number of anilines is 1. The maximum absolute atomic E-state index is 14.8. The number of benzene rings is 1. The van der Waals surface area contributed by atoms with Crippen LogP contribution in [0.15, 0.2) is 41.5 Å². The number of nitrogens with two attached hydrogens (primary N) is 2. The lowest BCUT2D eigenvalue weighted by Crippen LogP contribution is -2.46. The second-order valence-corrected chi connectivity index (χ2v) is 7.19. The predicted molar refractivity (Wildman–Crippen MR) is 111 cm³/mol. The summed E-state index contributed by atoms with van der Waals surface area (Å²) in [5, 5.41) is 1.18. The van der Waals surface area contributed by atoms with E-state index in [2.05, 4.69) is 19.9 Å². The lowest BCUT2D eigenvalue weighted by atomic mass is 10.1. The van der Waals surface area contributed by atoms with Crippen molar-refractivity contribution in [3.05, 3.63) is 42.3 Å². The number of amides is 1. The smallest absolute Gasteiger partial charge is 0.414 e. The molecule has 2 heterocycles. The number of nitrogens with one attached hydrogen (secondary N) is 1. The highest BCUT2D eigenvalue weighted by molar-refractivity contribution is 7.39. The molecule has 2 aromatic rings. The quantitative estimate of drug-likeness (QED) is 0.138. The van der Waals surface area contributed by atoms with Crippen LogP contribution in [0.5, 0.6) is 0 Å². The molecule has 1 aromatic carbocycles. The van der Waals surface area contributed by atoms with Gasteiger partial charge in [-0.3, -0.25) is 15.3 Å². The number of pyridine rings is 1. The van der Waals surface area contributed by atoms with E-state index in [0.29, 0.717) is 17.1 Å². The van der Waals surface area contributed by atoms with Gasteiger partial charge in [-0.1, -0.05) is 0 Å². The Hall–Kier alpha value is -2.93. The number of aromatic nitrogens is 1. The first-order chi connectivity index (χ1) is 14.8. The molecule has 1 unspecified atom stereocenters. The van der Waals surface area contributed by atoms with Crippen molar-refractivity contribution in [2.24, 2.45) is 16.7 Å². The van der Waals surface area contributed by atoms with Gasteiger partial charge in [0.05, 0.1) is 18.8 Å². The van der Waals surface area contributed by atoms with Crippen LogP contribution in [0.3, 0.4) is 0 Å². The van der Waals surface area contributed by atoms with Crippen molar-refractivity contribution in [1.29, 1.82) is 0 Å². The summed E-state index contributed by atoms with van der Waals surface area (Å²) in [6.45, 7) is -0.0918. The number of halogens is 1. The maximum Gasteiger partial charge on any atom is 0.414 e. The van der Waals surface area contributed by atoms with E-state index in [1.54, 1.807) is 25.2 Å². The number of aliphatic imine (C=N–C) groups is 1. The average Bonchev–Trinajstić information content (AvgIpc) is 3.11. The molecule has 7 N–H and O–H groups in total. The minimum Gasteiger partial charge on any atom is -0.441 e. The van der Waals surface area contributed by atoms with Crippen molar-refractivity contribution in [1.82, 2.24) is 15.4 Å². The fourth-order valence-electron chi connectivity index (χ4n) is 2.81. The highest BCUT2D eigenvalue weighted by Gasteiger charge is 2.33. The zero-order chi connectivity index (χ0) is 22.5. The lowest BCUT2D eigenvalue weighted by Gasteiger charge is -2.15. The van der Waals surface area contributed by atoms with Gasteiger partial charge in [0.15, 0.2) is 5.82 Å². The summed E-state index contributed by atoms with van der Waals surface area (Å²) in [5.41, 5.74) is 3.41. The van der Waals surface area contributed by atoms with Gasteiger partial charge in [0, 0.05) is 24.4 Å². The molecule has 0 bridgehead atoms. The number of carbonyl (C=O) groups is 1. The fourth-order valence-corrected chi connectivity index (χ4v) is 3.11. The maximum atomic E-state index is 14.8. The number of cyclic esters (lactones) is 1. The molecule has 0 saturated carbocycles. The molecule has 1 amide bonds. The van der Waals surface area contributed by atoms with Gasteiger partial charge in [0.1, 0.15) is 11.9 Å². The van der Waals surface area contributed by atoms with Crippen LogP contribution in [0.2, 0.25) is 0 Å². The van der Waals surface area contributed by atoms with E-state index >= 15 is 0 Å². The van der Waals surface area contributed by atoms with Crippen molar-refractivity contribution < 1.29 is 28.2 Å². The summed E-state index contributed by atoms with van der Waals surface area (Å²) in [6.07, 6.45) is 0.0671. The van der Waals surface area contributed by atoms with Gasteiger partial charge in [0.2, 0.25) is 5.96 Å². The number of ether oxygens (including phenoxy) is 1. The topological polar surface area (TPSA) is 172 Å². The van der Waals surface area contributed by atoms with Crippen molar-refractivity contribution in [3.63, 3.8) is 0 Å². The van der Waals surface area contributed by atoms with E-state index in [1.165, 1.54) is 28.2 Å². The molecule has 1 atom stereocenters. The second-order valence-electron chi connectivity index (χ2n) is 6.42. The second kappa shape index (κ2) is 9.92. The Morgan fingerprint density at radius 1 is 1.48 bits per heavy atom. The molecule has 166 valence electrons. The van der Waals surface area contributed by atoms with E-state index in [-0.39, 0.29) is 24.7 Å². The Kier molecular flexibility index (Phi) is 7.28. The first kappa shape index (κ1) is 22.7. The molecule has 3 rings (SSSR count). The summed E-state index contributed by atoms with van der Waals surface area (Å²) in [6, 6.07) is 7.50. The third-order valence-corrected chi connectivity index (χ3v) is 4.64. The molecule has 1 aliphatic heterocycles. The van der Waals surface area contributed by atoms with Gasteiger partial charge in [-0.2, -0.15) is 4.99 Å². The van der Waals surface area contributed by atoms with Gasteiger partial charge in [-0.25, -0.2) is 25.9 Å². The first-order valence-corrected chi connectivity index (χ1v) is 10.0. The van der Waals surface area contributed by atoms with E-state index in [0.717, 1.165) is 0 Å². The molecular weight excluding hydrogens is 432 g/mol. The Morgan fingerprint density at radius 2 is 2.26 bits per heavy atom. The molecule has 1 aromatic heterocycles. The largest absolute Gasteiger partial charge is 0.441 e. The minimum atomic E-state index is -2.55. The summed E-state index contributed by atoms with van der Waals surface area (Å²) in [5.74, 6) is 10.8. The molecule has 0 spiro atoms. The van der Waals surface area contributed by atoms with E-state index in [1.807, 2.05) is 0 Å². The van der Waals surface area contributed by atoms with Crippen LogP contribution in [0, 0.1) is 5.82 Å². The van der Waals surface area contributed by atoms with Gasteiger partial charge >= 0.3 is 14.7 Å². The molecule has 12 nitrogen and oxygen atoms in total. The number of hydrazine groups is 2. The van der Waals surface area contributed by atoms with Gasteiger partial charge in [-0.05, 0) is 30.3 Å². The predicted octanol–water partition coefficient (Wildman–Crippen LogP) is 0.697.